The van der Waals surface area contributed by atoms with Crippen molar-refractivity contribution >= 4 is 31.9 Å². The average molecular weight is 560 g/mol. The third-order valence-electron chi connectivity index (χ3n) is 7.68. The highest BCUT2D eigenvalue weighted by molar-refractivity contribution is 9.10. The number of hydrogen-bond donors (Lipinski definition) is 0. The highest BCUT2D eigenvalue weighted by Gasteiger charge is 2.55. The van der Waals surface area contributed by atoms with Crippen LogP contribution in [0.1, 0.15) is 52.0 Å². The molecule has 0 saturated heterocycles. The molecule has 3 rings (SSSR count). The topological polar surface area (TPSA) is 36.9 Å². The minimum absolute atomic E-state index is 0.201. The molecule has 4 nitrogen and oxygen atoms in total. The maximum absolute atomic E-state index is 5.95. The van der Waals surface area contributed by atoms with E-state index >= 15 is 0 Å². The first kappa shape index (κ1) is 25.1. The van der Waals surface area contributed by atoms with Crippen molar-refractivity contribution in [3.05, 3.63) is 34.3 Å². The average Bonchev–Trinajstić information content (AvgIpc) is 2.72. The SMILES string of the molecule is C=C1CC[C@@H]2C(C)(C)[C@@H](Br)CC[C@]2(C)[C@@H]1Cc1cc(OCOC)c(Br)cc1OCOC. The van der Waals surface area contributed by atoms with E-state index in [-0.39, 0.29) is 24.4 Å². The normalized spacial score (nSPS) is 30.0. The van der Waals surface area contributed by atoms with Crippen LogP contribution in [0.2, 0.25) is 0 Å². The van der Waals surface area contributed by atoms with Gasteiger partial charge in [0.25, 0.3) is 0 Å². The molecular weight excluding hydrogens is 524 g/mol. The third-order valence-corrected chi connectivity index (χ3v) is 9.94. The summed E-state index contributed by atoms with van der Waals surface area (Å²) in [6.07, 6.45) is 5.59. The van der Waals surface area contributed by atoms with Crippen LogP contribution in [0, 0.1) is 22.7 Å². The largest absolute Gasteiger partial charge is 0.467 e. The number of benzene rings is 1. The van der Waals surface area contributed by atoms with Crippen LogP contribution in [0.5, 0.6) is 11.5 Å². The van der Waals surface area contributed by atoms with Crippen LogP contribution in [0.25, 0.3) is 0 Å². The first-order valence-corrected chi connectivity index (χ1v) is 12.7. The molecule has 2 aliphatic carbocycles. The summed E-state index contributed by atoms with van der Waals surface area (Å²) >= 11 is 7.59. The molecule has 2 fully saturated rings. The molecule has 0 aliphatic heterocycles. The quantitative estimate of drug-likeness (QED) is 0.193. The number of alkyl halides is 1. The molecule has 0 aromatic heterocycles. The predicted molar refractivity (Wildman–Crippen MR) is 132 cm³/mol. The second-order valence-corrected chi connectivity index (χ2v) is 11.8. The summed E-state index contributed by atoms with van der Waals surface area (Å²) in [6.45, 7) is 12.3. The fourth-order valence-corrected chi connectivity index (χ4v) is 6.95. The van der Waals surface area contributed by atoms with E-state index in [0.717, 1.165) is 34.4 Å². The molecule has 0 unspecified atom stereocenters. The van der Waals surface area contributed by atoms with E-state index in [9.17, 15) is 0 Å². The fourth-order valence-electron chi connectivity index (χ4n) is 5.97. The van der Waals surface area contributed by atoms with Crippen LogP contribution in [0.3, 0.4) is 0 Å². The zero-order valence-corrected chi connectivity index (χ0v) is 22.6. The summed E-state index contributed by atoms with van der Waals surface area (Å²) in [6, 6.07) is 4.06. The number of ether oxygens (including phenoxy) is 4. The molecule has 0 heterocycles. The molecule has 174 valence electrons. The zero-order chi connectivity index (χ0) is 22.8. The Bertz CT molecular complexity index is 794. The lowest BCUT2D eigenvalue weighted by molar-refractivity contribution is -0.0463. The molecule has 2 saturated carbocycles. The maximum Gasteiger partial charge on any atom is 0.188 e. The second kappa shape index (κ2) is 10.1. The number of halogens is 2. The highest BCUT2D eigenvalue weighted by Crippen LogP contribution is 2.63. The van der Waals surface area contributed by atoms with Crippen molar-refractivity contribution in [2.45, 2.75) is 57.7 Å². The molecule has 0 bridgehead atoms. The van der Waals surface area contributed by atoms with E-state index in [1.54, 1.807) is 14.2 Å². The van der Waals surface area contributed by atoms with Crippen LogP contribution in [-0.2, 0) is 15.9 Å². The molecule has 0 N–H and O–H groups in total. The highest BCUT2D eigenvalue weighted by atomic mass is 79.9. The molecule has 0 spiro atoms. The Hall–Kier alpha value is -0.560. The minimum atomic E-state index is 0.201. The predicted octanol–water partition coefficient (Wildman–Crippen LogP) is 7.13. The van der Waals surface area contributed by atoms with Gasteiger partial charge in [-0.25, -0.2) is 0 Å². The smallest absolute Gasteiger partial charge is 0.188 e. The summed E-state index contributed by atoms with van der Waals surface area (Å²) in [4.78, 5) is 0.562. The third kappa shape index (κ3) is 5.02. The van der Waals surface area contributed by atoms with Gasteiger partial charge in [0.05, 0.1) is 4.47 Å². The van der Waals surface area contributed by atoms with Gasteiger partial charge in [-0.15, -0.1) is 0 Å². The number of hydrogen-bond acceptors (Lipinski definition) is 4. The first-order chi connectivity index (χ1) is 14.6. The Morgan fingerprint density at radius 1 is 1.03 bits per heavy atom. The minimum Gasteiger partial charge on any atom is -0.467 e. The van der Waals surface area contributed by atoms with E-state index in [0.29, 0.717) is 16.7 Å². The van der Waals surface area contributed by atoms with Crippen LogP contribution in [0.4, 0.5) is 0 Å². The molecule has 4 atom stereocenters. The van der Waals surface area contributed by atoms with Gasteiger partial charge in [0.1, 0.15) is 11.5 Å². The van der Waals surface area contributed by atoms with Gasteiger partial charge in [0.15, 0.2) is 13.6 Å². The summed E-state index contributed by atoms with van der Waals surface area (Å²) in [5.74, 6) is 2.63. The van der Waals surface area contributed by atoms with Crippen LogP contribution >= 0.6 is 31.9 Å². The van der Waals surface area contributed by atoms with Crippen molar-refractivity contribution in [3.63, 3.8) is 0 Å². The van der Waals surface area contributed by atoms with Crippen molar-refractivity contribution in [2.24, 2.45) is 22.7 Å². The fraction of sp³-hybridized carbons (Fsp3) is 0.680. The molecular formula is C25H36Br2O4. The van der Waals surface area contributed by atoms with Crippen molar-refractivity contribution in [1.82, 2.24) is 0 Å². The van der Waals surface area contributed by atoms with Crippen LogP contribution in [-0.4, -0.2) is 32.6 Å². The van der Waals surface area contributed by atoms with Gasteiger partial charge < -0.3 is 18.9 Å². The van der Waals surface area contributed by atoms with E-state index < -0.39 is 0 Å². The Balaban J connectivity index is 1.97. The Morgan fingerprint density at radius 3 is 2.32 bits per heavy atom. The molecule has 0 amide bonds. The number of rotatable bonds is 8. The van der Waals surface area contributed by atoms with Crippen molar-refractivity contribution in [1.29, 1.82) is 0 Å². The number of methoxy groups -OCH3 is 2. The second-order valence-electron chi connectivity index (χ2n) is 9.83. The molecule has 6 heteroatoms. The summed E-state index contributed by atoms with van der Waals surface area (Å²) < 4.78 is 22.9. The van der Waals surface area contributed by atoms with Gasteiger partial charge in [0.2, 0.25) is 0 Å². The molecule has 0 radical (unpaired) electrons. The van der Waals surface area contributed by atoms with Gasteiger partial charge in [-0.2, -0.15) is 0 Å². The van der Waals surface area contributed by atoms with E-state index in [1.165, 1.54) is 24.8 Å². The van der Waals surface area contributed by atoms with E-state index in [2.05, 4.69) is 65.3 Å². The van der Waals surface area contributed by atoms with Gasteiger partial charge >= 0.3 is 0 Å². The monoisotopic (exact) mass is 558 g/mol. The molecule has 1 aromatic carbocycles. The van der Waals surface area contributed by atoms with Gasteiger partial charge in [0, 0.05) is 19.0 Å². The van der Waals surface area contributed by atoms with E-state index in [4.69, 9.17) is 18.9 Å². The molecule has 1 aromatic rings. The first-order valence-electron chi connectivity index (χ1n) is 11.0. The Labute approximate surface area is 204 Å². The summed E-state index contributed by atoms with van der Waals surface area (Å²) in [5.41, 5.74) is 2.96. The van der Waals surface area contributed by atoms with Gasteiger partial charge in [-0.05, 0) is 88.4 Å². The summed E-state index contributed by atoms with van der Waals surface area (Å²) in [5, 5.41) is 0. The lowest BCUT2D eigenvalue weighted by atomic mass is 9.47. The molecule has 31 heavy (non-hydrogen) atoms. The lowest BCUT2D eigenvalue weighted by Crippen LogP contribution is -2.53. The standard InChI is InChI=1S/C25H36Br2O4/c1-16-7-8-22-24(2,3)23(27)9-10-25(22,4)18(16)11-17-12-21(31-15-29-6)19(26)13-20(17)30-14-28-5/h12-13,18,22-23H,1,7-11,14-15H2,2-6H3/t18-,22-,23+,25-/m1/s1. The van der Waals surface area contributed by atoms with Crippen LogP contribution < -0.4 is 9.47 Å². The maximum atomic E-state index is 5.95. The number of allylic oxidation sites excluding steroid dienone is 1. The number of fused-ring (bicyclic) bond motifs is 1. The van der Waals surface area contributed by atoms with Crippen molar-refractivity contribution in [2.75, 3.05) is 27.8 Å². The van der Waals surface area contributed by atoms with E-state index in [1.807, 2.05) is 6.07 Å². The lowest BCUT2D eigenvalue weighted by Gasteiger charge is -2.59. The molecule has 2 aliphatic rings. The van der Waals surface area contributed by atoms with Crippen molar-refractivity contribution in [3.8, 4) is 11.5 Å². The van der Waals surface area contributed by atoms with Crippen LogP contribution in [0.15, 0.2) is 28.8 Å². The van der Waals surface area contributed by atoms with Gasteiger partial charge in [-0.1, -0.05) is 48.9 Å². The summed E-state index contributed by atoms with van der Waals surface area (Å²) in [7, 11) is 3.26. The Kier molecular flexibility index (Phi) is 8.21. The van der Waals surface area contributed by atoms with Crippen molar-refractivity contribution < 1.29 is 18.9 Å². The Morgan fingerprint density at radius 2 is 1.68 bits per heavy atom. The van der Waals surface area contributed by atoms with Gasteiger partial charge in [-0.3, -0.25) is 0 Å². The zero-order valence-electron chi connectivity index (χ0n) is 19.4.